The Morgan fingerprint density at radius 2 is 1.82 bits per heavy atom. The van der Waals surface area contributed by atoms with Crippen molar-refractivity contribution in [3.8, 4) is 5.75 Å². The zero-order valence-corrected chi connectivity index (χ0v) is 13.0. The molecule has 4 nitrogen and oxygen atoms in total. The Labute approximate surface area is 131 Å². The molecular weight excluding hydrogens is 278 g/mol. The normalized spacial score (nSPS) is 19.4. The van der Waals surface area contributed by atoms with Crippen molar-refractivity contribution in [2.45, 2.75) is 38.2 Å². The lowest BCUT2D eigenvalue weighted by atomic mass is 9.98. The van der Waals surface area contributed by atoms with Crippen LogP contribution in [0, 0.1) is 0 Å². The number of ether oxygens (including phenoxy) is 2. The molecule has 118 valence electrons. The van der Waals surface area contributed by atoms with Gasteiger partial charge in [0, 0.05) is 11.9 Å². The molecule has 1 aromatic rings. The van der Waals surface area contributed by atoms with Crippen LogP contribution in [0.15, 0.2) is 48.1 Å². The summed E-state index contributed by atoms with van der Waals surface area (Å²) < 4.78 is 11.1. The third-order valence-corrected chi connectivity index (χ3v) is 4.25. The van der Waals surface area contributed by atoms with E-state index in [4.69, 9.17) is 9.47 Å². The second-order valence-electron chi connectivity index (χ2n) is 5.83. The Balaban J connectivity index is 1.62. The highest BCUT2D eigenvalue weighted by molar-refractivity contribution is 5.54. The van der Waals surface area contributed by atoms with Gasteiger partial charge in [0.15, 0.2) is 11.5 Å². The van der Waals surface area contributed by atoms with E-state index in [1.165, 1.54) is 19.3 Å². The number of aliphatic hydroxyl groups excluding tert-OH is 1. The molecule has 0 atom stereocenters. The Morgan fingerprint density at radius 3 is 2.45 bits per heavy atom. The number of allylic oxidation sites excluding steroid dienone is 1. The van der Waals surface area contributed by atoms with Crippen molar-refractivity contribution in [2.24, 2.45) is 0 Å². The molecule has 0 amide bonds. The molecule has 1 N–H and O–H groups in total. The minimum absolute atomic E-state index is 0.243. The molecule has 1 heterocycles. The molecule has 0 unspecified atom stereocenters. The number of aliphatic hydroxyl groups is 1. The van der Waals surface area contributed by atoms with Crippen LogP contribution < -0.4 is 9.64 Å². The van der Waals surface area contributed by atoms with Crippen molar-refractivity contribution in [2.75, 3.05) is 18.6 Å². The number of methoxy groups -OCH3 is 1. The number of nitrogens with zero attached hydrogens (tertiary/aromatic N) is 1. The molecule has 1 saturated carbocycles. The fourth-order valence-corrected chi connectivity index (χ4v) is 3.00. The quantitative estimate of drug-likeness (QED) is 0.907. The molecule has 2 aliphatic rings. The van der Waals surface area contributed by atoms with E-state index in [-0.39, 0.29) is 5.76 Å². The molecule has 4 heteroatoms. The largest absolute Gasteiger partial charge is 0.507 e. The lowest BCUT2D eigenvalue weighted by Gasteiger charge is -2.25. The van der Waals surface area contributed by atoms with Crippen LogP contribution in [0.2, 0.25) is 0 Å². The van der Waals surface area contributed by atoms with Crippen LogP contribution in [-0.4, -0.2) is 24.9 Å². The smallest absolute Gasteiger partial charge is 0.159 e. The third kappa shape index (κ3) is 3.38. The van der Waals surface area contributed by atoms with Gasteiger partial charge in [-0.2, -0.15) is 0 Å². The predicted octanol–water partition coefficient (Wildman–Crippen LogP) is 4.15. The Hall–Kier alpha value is -2.10. The van der Waals surface area contributed by atoms with Gasteiger partial charge in [-0.1, -0.05) is 6.42 Å². The summed E-state index contributed by atoms with van der Waals surface area (Å²) in [6.45, 7) is 0.419. The monoisotopic (exact) mass is 301 g/mol. The lowest BCUT2D eigenvalue weighted by Crippen LogP contribution is -2.23. The first-order chi connectivity index (χ1) is 10.8. The van der Waals surface area contributed by atoms with Gasteiger partial charge in [-0.05, 0) is 56.0 Å². The first-order valence-electron chi connectivity index (χ1n) is 7.94. The van der Waals surface area contributed by atoms with Gasteiger partial charge in [0.25, 0.3) is 0 Å². The van der Waals surface area contributed by atoms with Crippen LogP contribution in [0.25, 0.3) is 0 Å². The van der Waals surface area contributed by atoms with E-state index < -0.39 is 0 Å². The molecule has 0 aromatic heterocycles. The highest BCUT2D eigenvalue weighted by atomic mass is 16.5. The summed E-state index contributed by atoms with van der Waals surface area (Å²) in [5, 5.41) is 9.91. The van der Waals surface area contributed by atoms with E-state index in [9.17, 15) is 5.11 Å². The summed E-state index contributed by atoms with van der Waals surface area (Å²) >= 11 is 0. The van der Waals surface area contributed by atoms with E-state index in [1.54, 1.807) is 13.2 Å². The second kappa shape index (κ2) is 6.77. The Kier molecular flexibility index (Phi) is 4.56. The first kappa shape index (κ1) is 14.8. The maximum atomic E-state index is 9.91. The molecule has 3 rings (SSSR count). The Bertz CT molecular complexity index is 556. The Morgan fingerprint density at radius 1 is 1.09 bits per heavy atom. The van der Waals surface area contributed by atoms with Crippen molar-refractivity contribution in [1.82, 2.24) is 0 Å². The third-order valence-electron chi connectivity index (χ3n) is 4.25. The fraction of sp³-hybridized carbons (Fsp3) is 0.444. The van der Waals surface area contributed by atoms with Gasteiger partial charge in [-0.25, -0.2) is 0 Å². The topological polar surface area (TPSA) is 41.9 Å². The molecule has 22 heavy (non-hydrogen) atoms. The maximum Gasteiger partial charge on any atom is 0.159 e. The van der Waals surface area contributed by atoms with Crippen molar-refractivity contribution in [3.63, 3.8) is 0 Å². The summed E-state index contributed by atoms with van der Waals surface area (Å²) in [6, 6.07) is 8.05. The standard InChI is InChI=1S/C18H23NO3/c1-21-18-11-12-19(13-17(18)20)14-7-9-16(10-8-14)22-15-5-3-2-4-6-15/h7-12,15,20H,2-6,13H2,1H3. The van der Waals surface area contributed by atoms with Crippen LogP contribution in [-0.2, 0) is 4.74 Å². The van der Waals surface area contributed by atoms with E-state index in [2.05, 4.69) is 0 Å². The number of rotatable bonds is 4. The summed E-state index contributed by atoms with van der Waals surface area (Å²) in [4.78, 5) is 1.97. The SMILES string of the molecule is COC1=C(O)CN(c2ccc(OC3CCCCC3)cc2)C=C1. The molecule has 0 bridgehead atoms. The highest BCUT2D eigenvalue weighted by Gasteiger charge is 2.16. The average Bonchev–Trinajstić information content (AvgIpc) is 2.56. The van der Waals surface area contributed by atoms with Gasteiger partial charge >= 0.3 is 0 Å². The molecule has 0 spiro atoms. The lowest BCUT2D eigenvalue weighted by molar-refractivity contribution is 0.155. The molecule has 1 aliphatic heterocycles. The number of benzene rings is 1. The van der Waals surface area contributed by atoms with Gasteiger partial charge in [-0.3, -0.25) is 0 Å². The zero-order valence-electron chi connectivity index (χ0n) is 13.0. The van der Waals surface area contributed by atoms with Gasteiger partial charge in [0.05, 0.1) is 19.8 Å². The van der Waals surface area contributed by atoms with E-state index in [0.29, 0.717) is 18.4 Å². The predicted molar refractivity (Wildman–Crippen MR) is 87.1 cm³/mol. The fourth-order valence-electron chi connectivity index (χ4n) is 3.00. The minimum atomic E-state index is 0.243. The summed E-state index contributed by atoms with van der Waals surface area (Å²) in [7, 11) is 1.56. The minimum Gasteiger partial charge on any atom is -0.507 e. The van der Waals surface area contributed by atoms with Crippen LogP contribution in [0.5, 0.6) is 5.75 Å². The number of anilines is 1. The number of hydrogen-bond acceptors (Lipinski definition) is 4. The van der Waals surface area contributed by atoms with Crippen molar-refractivity contribution >= 4 is 5.69 Å². The molecule has 0 saturated heterocycles. The molecule has 1 aromatic carbocycles. The van der Waals surface area contributed by atoms with Crippen LogP contribution in [0.4, 0.5) is 5.69 Å². The van der Waals surface area contributed by atoms with Gasteiger partial charge in [0.1, 0.15) is 5.75 Å². The second-order valence-corrected chi connectivity index (χ2v) is 5.83. The van der Waals surface area contributed by atoms with Crippen molar-refractivity contribution in [1.29, 1.82) is 0 Å². The molecule has 0 radical (unpaired) electrons. The van der Waals surface area contributed by atoms with Gasteiger partial charge in [-0.15, -0.1) is 0 Å². The summed E-state index contributed by atoms with van der Waals surface area (Å²) in [5.74, 6) is 1.69. The van der Waals surface area contributed by atoms with Crippen molar-refractivity contribution in [3.05, 3.63) is 48.1 Å². The highest BCUT2D eigenvalue weighted by Crippen LogP contribution is 2.27. The molecule has 1 aliphatic carbocycles. The van der Waals surface area contributed by atoms with Gasteiger partial charge in [0.2, 0.25) is 0 Å². The van der Waals surface area contributed by atoms with Crippen LogP contribution >= 0.6 is 0 Å². The van der Waals surface area contributed by atoms with Gasteiger partial charge < -0.3 is 19.5 Å². The summed E-state index contributed by atoms with van der Waals surface area (Å²) in [6.07, 6.45) is 10.3. The van der Waals surface area contributed by atoms with Crippen molar-refractivity contribution < 1.29 is 14.6 Å². The molecule has 1 fully saturated rings. The molecular formula is C18H23NO3. The summed E-state index contributed by atoms with van der Waals surface area (Å²) in [5.41, 5.74) is 1.02. The maximum absolute atomic E-state index is 9.91. The number of hydrogen-bond donors (Lipinski definition) is 1. The zero-order chi connectivity index (χ0) is 15.4. The van der Waals surface area contributed by atoms with E-state index >= 15 is 0 Å². The van der Waals surface area contributed by atoms with E-state index in [0.717, 1.165) is 24.3 Å². The van der Waals surface area contributed by atoms with Crippen LogP contribution in [0.1, 0.15) is 32.1 Å². The van der Waals surface area contributed by atoms with E-state index in [1.807, 2.05) is 35.4 Å². The average molecular weight is 301 g/mol. The van der Waals surface area contributed by atoms with Crippen LogP contribution in [0.3, 0.4) is 0 Å². The first-order valence-corrected chi connectivity index (χ1v) is 7.94.